The molecule has 41 heavy (non-hydrogen) atoms. The summed E-state index contributed by atoms with van der Waals surface area (Å²) in [6.07, 6.45) is -16.7. The first-order chi connectivity index (χ1) is 18.7. The molecular weight excluding hydrogens is 573 g/mol. The molecule has 0 radical (unpaired) electrons. The Hall–Kier alpha value is -3.65. The van der Waals surface area contributed by atoms with Gasteiger partial charge in [-0.2, -0.15) is 39.5 Å². The van der Waals surface area contributed by atoms with Gasteiger partial charge in [-0.1, -0.05) is 0 Å². The zero-order chi connectivity index (χ0) is 31.1. The Labute approximate surface area is 228 Å². The van der Waals surface area contributed by atoms with Crippen molar-refractivity contribution in [1.82, 2.24) is 4.90 Å². The summed E-state index contributed by atoms with van der Waals surface area (Å²) in [6, 6.07) is 1.25. The lowest BCUT2D eigenvalue weighted by Gasteiger charge is -2.33. The van der Waals surface area contributed by atoms with Crippen LogP contribution >= 0.6 is 0 Å². The minimum Gasteiger partial charge on any atom is -0.446 e. The zero-order valence-corrected chi connectivity index (χ0v) is 22.0. The number of carbonyl (C=O) groups excluding carboxylic acids is 2. The van der Waals surface area contributed by atoms with Gasteiger partial charge in [0.1, 0.15) is 0 Å². The van der Waals surface area contributed by atoms with E-state index in [-0.39, 0.29) is 36.7 Å². The van der Waals surface area contributed by atoms with Gasteiger partial charge in [0.15, 0.2) is 0 Å². The number of nitrogens with zero attached hydrogens (tertiary/aromatic N) is 2. The van der Waals surface area contributed by atoms with Gasteiger partial charge < -0.3 is 15.4 Å². The molecule has 0 fully saturated rings. The van der Waals surface area contributed by atoms with Crippen molar-refractivity contribution in [3.8, 4) is 0 Å². The molecule has 0 bridgehead atoms. The fourth-order valence-corrected chi connectivity index (χ4v) is 4.61. The van der Waals surface area contributed by atoms with Gasteiger partial charge in [-0.05, 0) is 62.6 Å². The van der Waals surface area contributed by atoms with Crippen molar-refractivity contribution < 1.29 is 53.8 Å². The fourth-order valence-electron chi connectivity index (χ4n) is 4.61. The number of rotatable bonds is 4. The minimum atomic E-state index is -5.13. The monoisotopic (exact) mass is 599 g/mol. The average molecular weight is 599 g/mol. The highest BCUT2D eigenvalue weighted by atomic mass is 19.4. The van der Waals surface area contributed by atoms with Crippen molar-refractivity contribution in [3.05, 3.63) is 58.1 Å². The predicted molar refractivity (Wildman–Crippen MR) is 129 cm³/mol. The molecular formula is C26H26F9N3O3. The summed E-state index contributed by atoms with van der Waals surface area (Å²) in [5.41, 5.74) is -0.360. The van der Waals surface area contributed by atoms with Crippen LogP contribution in [-0.4, -0.2) is 29.5 Å². The Kier molecular flexibility index (Phi) is 8.80. The second kappa shape index (κ2) is 11.3. The summed E-state index contributed by atoms with van der Waals surface area (Å²) in [5.74, 6) is -0.788. The van der Waals surface area contributed by atoms with Crippen LogP contribution in [0.5, 0.6) is 0 Å². The van der Waals surface area contributed by atoms with Crippen molar-refractivity contribution in [1.29, 1.82) is 0 Å². The number of carbonyl (C=O) groups is 2. The SMILES string of the molecule is CC(=O)N(Cc1cc(C(F)(F)F)cc(C(F)(F)F)c1)C1CCCN(C(=O)OC(C)C)c2cc(C(F)(F)F)c(N)cc21. The van der Waals surface area contributed by atoms with E-state index in [1.165, 1.54) is 13.8 Å². The molecule has 6 nitrogen and oxygen atoms in total. The van der Waals surface area contributed by atoms with Crippen LogP contribution in [0.25, 0.3) is 0 Å². The lowest BCUT2D eigenvalue weighted by atomic mass is 9.95. The van der Waals surface area contributed by atoms with E-state index in [1.807, 2.05) is 0 Å². The standard InChI is InChI=1S/C26H26F9N3O3/c1-13(2)41-23(40)37-6-4-5-21(18-10-20(36)19(11-22(18)37)26(33,34)35)38(14(3)39)12-15-7-16(24(27,28)29)9-17(8-15)25(30,31)32/h7-11,13,21H,4-6,12,36H2,1-3H3. The predicted octanol–water partition coefficient (Wildman–Crippen LogP) is 7.56. The fraction of sp³-hybridized carbons (Fsp3) is 0.462. The number of benzene rings is 2. The normalized spacial score (nSPS) is 16.3. The number of ether oxygens (including phenoxy) is 1. The lowest BCUT2D eigenvalue weighted by Crippen LogP contribution is -2.35. The average Bonchev–Trinajstić information content (AvgIpc) is 2.98. The largest absolute Gasteiger partial charge is 0.446 e. The van der Waals surface area contributed by atoms with Gasteiger partial charge in [-0.25, -0.2) is 4.79 Å². The summed E-state index contributed by atoms with van der Waals surface area (Å²) in [7, 11) is 0. The number of nitrogens with two attached hydrogens (primary N) is 1. The first-order valence-electron chi connectivity index (χ1n) is 12.2. The Morgan fingerprint density at radius 3 is 1.98 bits per heavy atom. The number of halogens is 9. The summed E-state index contributed by atoms with van der Waals surface area (Å²) >= 11 is 0. The number of anilines is 2. The van der Waals surface area contributed by atoms with Gasteiger partial charge >= 0.3 is 24.6 Å². The van der Waals surface area contributed by atoms with E-state index >= 15 is 0 Å². The second-order valence-corrected chi connectivity index (χ2v) is 9.80. The van der Waals surface area contributed by atoms with E-state index in [0.29, 0.717) is 18.2 Å². The van der Waals surface area contributed by atoms with Gasteiger partial charge in [0, 0.05) is 31.3 Å². The van der Waals surface area contributed by atoms with Crippen molar-refractivity contribution in [3.63, 3.8) is 0 Å². The molecule has 0 saturated carbocycles. The van der Waals surface area contributed by atoms with Gasteiger partial charge in [0.05, 0.1) is 34.5 Å². The van der Waals surface area contributed by atoms with Gasteiger partial charge in [0.25, 0.3) is 0 Å². The third-order valence-corrected chi connectivity index (χ3v) is 6.35. The molecule has 1 heterocycles. The van der Waals surface area contributed by atoms with Crippen LogP contribution in [0.4, 0.5) is 55.7 Å². The molecule has 2 aromatic carbocycles. The van der Waals surface area contributed by atoms with E-state index in [9.17, 15) is 49.1 Å². The van der Waals surface area contributed by atoms with Crippen LogP contribution in [0.2, 0.25) is 0 Å². The van der Waals surface area contributed by atoms with Crippen LogP contribution in [-0.2, 0) is 34.6 Å². The third kappa shape index (κ3) is 7.36. The molecule has 3 rings (SSSR count). The van der Waals surface area contributed by atoms with Gasteiger partial charge in [0.2, 0.25) is 5.91 Å². The molecule has 0 aliphatic carbocycles. The van der Waals surface area contributed by atoms with Crippen molar-refractivity contribution in [2.45, 2.75) is 70.8 Å². The third-order valence-electron chi connectivity index (χ3n) is 6.35. The number of amides is 2. The Balaban J connectivity index is 2.19. The van der Waals surface area contributed by atoms with E-state index in [4.69, 9.17) is 10.5 Å². The highest BCUT2D eigenvalue weighted by molar-refractivity contribution is 5.90. The molecule has 1 unspecified atom stereocenters. The van der Waals surface area contributed by atoms with Crippen LogP contribution in [0, 0.1) is 0 Å². The van der Waals surface area contributed by atoms with Crippen molar-refractivity contribution >= 4 is 23.4 Å². The topological polar surface area (TPSA) is 75.9 Å². The quantitative estimate of drug-likeness (QED) is 0.291. The van der Waals surface area contributed by atoms with E-state index in [0.717, 1.165) is 22.8 Å². The Morgan fingerprint density at radius 1 is 0.951 bits per heavy atom. The minimum absolute atomic E-state index is 0.00602. The molecule has 2 N–H and O–H groups in total. The maximum absolute atomic E-state index is 13.7. The summed E-state index contributed by atoms with van der Waals surface area (Å²) in [4.78, 5) is 27.5. The molecule has 0 aromatic heterocycles. The second-order valence-electron chi connectivity index (χ2n) is 9.80. The first-order valence-corrected chi connectivity index (χ1v) is 12.2. The highest BCUT2D eigenvalue weighted by Gasteiger charge is 2.40. The van der Waals surface area contributed by atoms with Crippen LogP contribution in [0.1, 0.15) is 67.5 Å². The lowest BCUT2D eigenvalue weighted by molar-refractivity contribution is -0.143. The molecule has 15 heteroatoms. The van der Waals surface area contributed by atoms with Crippen LogP contribution < -0.4 is 10.6 Å². The summed E-state index contributed by atoms with van der Waals surface area (Å²) < 4.78 is 127. The van der Waals surface area contributed by atoms with Crippen molar-refractivity contribution in [2.24, 2.45) is 0 Å². The molecule has 226 valence electrons. The molecule has 1 aliphatic heterocycles. The Bertz CT molecular complexity index is 1270. The number of hydrogen-bond acceptors (Lipinski definition) is 4. The maximum atomic E-state index is 13.7. The van der Waals surface area contributed by atoms with Crippen LogP contribution in [0.15, 0.2) is 30.3 Å². The van der Waals surface area contributed by atoms with E-state index in [1.54, 1.807) is 0 Å². The van der Waals surface area contributed by atoms with Gasteiger partial charge in [-0.3, -0.25) is 9.69 Å². The molecule has 0 saturated heterocycles. The molecule has 2 amide bonds. The molecule has 2 aromatic rings. The van der Waals surface area contributed by atoms with E-state index in [2.05, 4.69) is 0 Å². The number of nitrogen functional groups attached to an aromatic ring is 1. The van der Waals surface area contributed by atoms with E-state index < -0.39 is 77.2 Å². The number of hydrogen-bond donors (Lipinski definition) is 1. The first kappa shape index (κ1) is 31.9. The number of alkyl halides is 9. The summed E-state index contributed by atoms with van der Waals surface area (Å²) in [5, 5.41) is 0. The molecule has 0 spiro atoms. The Morgan fingerprint density at radius 2 is 1.51 bits per heavy atom. The maximum Gasteiger partial charge on any atom is 0.418 e. The summed E-state index contributed by atoms with van der Waals surface area (Å²) in [6.45, 7) is 3.16. The molecule has 1 atom stereocenters. The zero-order valence-electron chi connectivity index (χ0n) is 22.0. The van der Waals surface area contributed by atoms with Gasteiger partial charge in [-0.15, -0.1) is 0 Å². The van der Waals surface area contributed by atoms with Crippen LogP contribution in [0.3, 0.4) is 0 Å². The molecule has 1 aliphatic rings. The highest BCUT2D eigenvalue weighted by Crippen LogP contribution is 2.44. The number of fused-ring (bicyclic) bond motifs is 1. The smallest absolute Gasteiger partial charge is 0.418 e. The van der Waals surface area contributed by atoms with Crippen molar-refractivity contribution in [2.75, 3.05) is 17.2 Å².